The molecule has 1 rings (SSSR count). The largest absolute Gasteiger partial charge is 0.486 e. The van der Waals surface area contributed by atoms with Crippen LogP contribution in [0.2, 0.25) is 0 Å². The summed E-state index contributed by atoms with van der Waals surface area (Å²) in [5.74, 6) is 0.630. The predicted molar refractivity (Wildman–Crippen MR) is 82.4 cm³/mol. The van der Waals surface area contributed by atoms with E-state index in [1.54, 1.807) is 0 Å². The maximum absolute atomic E-state index is 12.1. The molecule has 0 aliphatic heterocycles. The molecule has 0 spiro atoms. The molecule has 0 atom stereocenters. The van der Waals surface area contributed by atoms with Gasteiger partial charge in [-0.15, -0.1) is 11.3 Å². The van der Waals surface area contributed by atoms with Gasteiger partial charge in [0.1, 0.15) is 5.00 Å². The minimum Gasteiger partial charge on any atom is -0.486 e. The third-order valence-electron chi connectivity index (χ3n) is 2.54. The Morgan fingerprint density at radius 3 is 2.47 bits per heavy atom. The number of carbonyl (C=O) groups excluding carboxylic acids is 1. The van der Waals surface area contributed by atoms with Gasteiger partial charge >= 0.3 is 0 Å². The SMILES string of the molecule is CCCNc1sc(C(=O)C(C)C)c(N)c1OC(C)C. The van der Waals surface area contributed by atoms with Crippen LogP contribution in [0.1, 0.15) is 50.7 Å². The van der Waals surface area contributed by atoms with Crippen LogP contribution < -0.4 is 15.8 Å². The molecular weight excluding hydrogens is 260 g/mol. The van der Waals surface area contributed by atoms with E-state index in [4.69, 9.17) is 10.5 Å². The van der Waals surface area contributed by atoms with Gasteiger partial charge in [-0.3, -0.25) is 4.79 Å². The van der Waals surface area contributed by atoms with Crippen molar-refractivity contribution in [3.63, 3.8) is 0 Å². The molecule has 0 saturated carbocycles. The fraction of sp³-hybridized carbons (Fsp3) is 0.643. The van der Waals surface area contributed by atoms with Crippen LogP contribution in [0.15, 0.2) is 0 Å². The standard InChI is InChI=1S/C14H24N2O2S/c1-6-7-16-14-12(18-9(4)5)10(15)13(19-14)11(17)8(2)3/h8-9,16H,6-7,15H2,1-5H3. The fourth-order valence-corrected chi connectivity index (χ4v) is 2.75. The highest BCUT2D eigenvalue weighted by Gasteiger charge is 2.24. The summed E-state index contributed by atoms with van der Waals surface area (Å²) in [6.45, 7) is 10.6. The van der Waals surface area contributed by atoms with E-state index in [-0.39, 0.29) is 17.8 Å². The summed E-state index contributed by atoms with van der Waals surface area (Å²) in [5.41, 5.74) is 6.56. The van der Waals surface area contributed by atoms with Gasteiger partial charge < -0.3 is 15.8 Å². The number of carbonyl (C=O) groups is 1. The molecule has 0 aromatic carbocycles. The van der Waals surface area contributed by atoms with Gasteiger partial charge in [0.15, 0.2) is 11.5 Å². The van der Waals surface area contributed by atoms with Crippen molar-refractivity contribution in [1.29, 1.82) is 0 Å². The highest BCUT2D eigenvalue weighted by molar-refractivity contribution is 7.19. The van der Waals surface area contributed by atoms with E-state index in [1.807, 2.05) is 27.7 Å². The lowest BCUT2D eigenvalue weighted by Gasteiger charge is -2.12. The molecule has 0 fully saturated rings. The monoisotopic (exact) mass is 284 g/mol. The fourth-order valence-electron chi connectivity index (χ4n) is 1.58. The highest BCUT2D eigenvalue weighted by atomic mass is 32.1. The lowest BCUT2D eigenvalue weighted by atomic mass is 10.1. The normalized spacial score (nSPS) is 11.1. The molecule has 0 radical (unpaired) electrons. The molecule has 0 aliphatic carbocycles. The van der Waals surface area contributed by atoms with Crippen LogP contribution in [0.4, 0.5) is 10.7 Å². The Hall–Kier alpha value is -1.23. The molecule has 0 amide bonds. The summed E-state index contributed by atoms with van der Waals surface area (Å²) in [6, 6.07) is 0. The van der Waals surface area contributed by atoms with Crippen LogP contribution in [0.25, 0.3) is 0 Å². The lowest BCUT2D eigenvalue weighted by molar-refractivity contribution is 0.0944. The van der Waals surface area contributed by atoms with Gasteiger partial charge in [0.25, 0.3) is 0 Å². The van der Waals surface area contributed by atoms with E-state index in [0.717, 1.165) is 18.0 Å². The molecule has 108 valence electrons. The maximum Gasteiger partial charge on any atom is 0.177 e. The molecule has 1 aromatic heterocycles. The summed E-state index contributed by atoms with van der Waals surface area (Å²) in [7, 11) is 0. The number of ether oxygens (including phenoxy) is 1. The van der Waals surface area contributed by atoms with E-state index < -0.39 is 0 Å². The van der Waals surface area contributed by atoms with E-state index >= 15 is 0 Å². The lowest BCUT2D eigenvalue weighted by Crippen LogP contribution is -2.10. The molecule has 0 saturated heterocycles. The topological polar surface area (TPSA) is 64.4 Å². The van der Waals surface area contributed by atoms with Crippen LogP contribution in [0.3, 0.4) is 0 Å². The number of Topliss-reactive ketones (excluding diaryl/α,β-unsaturated/α-hetero) is 1. The van der Waals surface area contributed by atoms with Crippen molar-refractivity contribution in [2.45, 2.75) is 47.1 Å². The second kappa shape index (κ2) is 6.80. The van der Waals surface area contributed by atoms with Crippen molar-refractivity contribution in [2.24, 2.45) is 5.92 Å². The Balaban J connectivity index is 3.14. The van der Waals surface area contributed by atoms with Crippen LogP contribution >= 0.6 is 11.3 Å². The number of nitrogens with one attached hydrogen (secondary N) is 1. The first-order valence-electron chi connectivity index (χ1n) is 6.75. The van der Waals surface area contributed by atoms with Crippen LogP contribution in [0.5, 0.6) is 5.75 Å². The van der Waals surface area contributed by atoms with Crippen molar-refractivity contribution in [3.8, 4) is 5.75 Å². The van der Waals surface area contributed by atoms with Crippen LogP contribution in [0, 0.1) is 5.92 Å². The third-order valence-corrected chi connectivity index (χ3v) is 3.70. The molecule has 19 heavy (non-hydrogen) atoms. The highest BCUT2D eigenvalue weighted by Crippen LogP contribution is 2.44. The van der Waals surface area contributed by atoms with Gasteiger partial charge in [-0.25, -0.2) is 0 Å². The third kappa shape index (κ3) is 3.86. The molecule has 1 aromatic rings. The minimum absolute atomic E-state index is 0.0288. The van der Waals surface area contributed by atoms with Gasteiger partial charge in [-0.2, -0.15) is 0 Å². The van der Waals surface area contributed by atoms with E-state index in [1.165, 1.54) is 11.3 Å². The molecule has 4 nitrogen and oxygen atoms in total. The summed E-state index contributed by atoms with van der Waals surface area (Å²) in [5, 5.41) is 4.14. The predicted octanol–water partition coefficient (Wildman–Crippen LogP) is 3.78. The summed E-state index contributed by atoms with van der Waals surface area (Å²) < 4.78 is 5.75. The summed E-state index contributed by atoms with van der Waals surface area (Å²) in [6.07, 6.45) is 1.04. The van der Waals surface area contributed by atoms with E-state index in [9.17, 15) is 4.79 Å². The number of hydrogen-bond donors (Lipinski definition) is 2. The zero-order chi connectivity index (χ0) is 14.6. The van der Waals surface area contributed by atoms with Gasteiger partial charge in [0.2, 0.25) is 0 Å². The van der Waals surface area contributed by atoms with Crippen molar-refractivity contribution in [1.82, 2.24) is 0 Å². The number of nitrogens with two attached hydrogens (primary N) is 1. The van der Waals surface area contributed by atoms with Gasteiger partial charge in [0, 0.05) is 12.5 Å². The Bertz CT molecular complexity index is 439. The Morgan fingerprint density at radius 2 is 2.00 bits per heavy atom. The number of thiophene rings is 1. The number of anilines is 2. The number of ketones is 1. The molecule has 3 N–H and O–H groups in total. The smallest absolute Gasteiger partial charge is 0.177 e. The van der Waals surface area contributed by atoms with Gasteiger partial charge in [0.05, 0.1) is 16.7 Å². The van der Waals surface area contributed by atoms with Gasteiger partial charge in [-0.1, -0.05) is 20.8 Å². The van der Waals surface area contributed by atoms with Crippen LogP contribution in [-0.4, -0.2) is 18.4 Å². The van der Waals surface area contributed by atoms with E-state index in [0.29, 0.717) is 16.3 Å². The Morgan fingerprint density at radius 1 is 1.37 bits per heavy atom. The summed E-state index contributed by atoms with van der Waals surface area (Å²) in [4.78, 5) is 12.7. The summed E-state index contributed by atoms with van der Waals surface area (Å²) >= 11 is 1.39. The number of hydrogen-bond acceptors (Lipinski definition) is 5. The molecule has 0 aliphatic rings. The number of rotatable bonds is 7. The second-order valence-corrected chi connectivity index (χ2v) is 6.14. The van der Waals surface area contributed by atoms with E-state index in [2.05, 4.69) is 12.2 Å². The van der Waals surface area contributed by atoms with Crippen molar-refractivity contribution < 1.29 is 9.53 Å². The molecular formula is C14H24N2O2S. The van der Waals surface area contributed by atoms with Gasteiger partial charge in [-0.05, 0) is 20.3 Å². The van der Waals surface area contributed by atoms with Crippen molar-refractivity contribution in [3.05, 3.63) is 4.88 Å². The number of nitrogen functional groups attached to an aromatic ring is 1. The van der Waals surface area contributed by atoms with Crippen LogP contribution in [-0.2, 0) is 0 Å². The molecule has 0 bridgehead atoms. The molecule has 5 heteroatoms. The Kier molecular flexibility index (Phi) is 5.66. The quantitative estimate of drug-likeness (QED) is 0.748. The zero-order valence-electron chi connectivity index (χ0n) is 12.4. The maximum atomic E-state index is 12.1. The second-order valence-electron chi connectivity index (χ2n) is 5.12. The first-order chi connectivity index (χ1) is 8.88. The molecule has 0 unspecified atom stereocenters. The average molecular weight is 284 g/mol. The average Bonchev–Trinajstić information content (AvgIpc) is 2.63. The van der Waals surface area contributed by atoms with Crippen molar-refractivity contribution >= 4 is 27.8 Å². The first-order valence-corrected chi connectivity index (χ1v) is 7.57. The zero-order valence-corrected chi connectivity index (χ0v) is 13.2. The Labute approximate surface area is 119 Å². The first kappa shape index (κ1) is 15.8. The minimum atomic E-state index is -0.0631. The molecule has 1 heterocycles. The van der Waals surface area contributed by atoms with Crippen molar-refractivity contribution in [2.75, 3.05) is 17.6 Å².